The summed E-state index contributed by atoms with van der Waals surface area (Å²) in [5, 5.41) is 1.20. The fraction of sp³-hybridized carbons (Fsp3) is 0.250. The standard InChI is InChI=1S/C12H14N2/c1-9-8-10-6-4-5-7-11(10)13-12(9)14(2)3/h4-8H,1-3H3. The molecule has 0 fully saturated rings. The van der Waals surface area contributed by atoms with Crippen LogP contribution in [0.5, 0.6) is 0 Å². The first-order chi connectivity index (χ1) is 6.68. The molecule has 0 saturated heterocycles. The summed E-state index contributed by atoms with van der Waals surface area (Å²) in [4.78, 5) is 6.64. The first-order valence-electron chi connectivity index (χ1n) is 4.72. The number of fused-ring (bicyclic) bond motifs is 1. The van der Waals surface area contributed by atoms with E-state index in [-0.39, 0.29) is 0 Å². The molecular formula is C12H14N2. The molecule has 0 saturated carbocycles. The van der Waals surface area contributed by atoms with Crippen molar-refractivity contribution in [3.8, 4) is 0 Å². The zero-order valence-electron chi connectivity index (χ0n) is 8.78. The van der Waals surface area contributed by atoms with E-state index in [2.05, 4.69) is 24.0 Å². The highest BCUT2D eigenvalue weighted by Crippen LogP contribution is 2.20. The van der Waals surface area contributed by atoms with Gasteiger partial charge in [0.1, 0.15) is 5.82 Å². The lowest BCUT2D eigenvalue weighted by Crippen LogP contribution is -2.12. The van der Waals surface area contributed by atoms with Gasteiger partial charge in [-0.25, -0.2) is 4.98 Å². The van der Waals surface area contributed by atoms with E-state index in [0.717, 1.165) is 11.3 Å². The number of rotatable bonds is 1. The van der Waals surface area contributed by atoms with E-state index in [4.69, 9.17) is 0 Å². The molecule has 2 rings (SSSR count). The number of anilines is 1. The molecule has 1 aromatic carbocycles. The van der Waals surface area contributed by atoms with Crippen LogP contribution in [0.3, 0.4) is 0 Å². The minimum atomic E-state index is 1.05. The monoisotopic (exact) mass is 186 g/mol. The molecule has 2 heteroatoms. The zero-order chi connectivity index (χ0) is 10.1. The maximum atomic E-state index is 4.60. The lowest BCUT2D eigenvalue weighted by molar-refractivity contribution is 1.06. The third-order valence-corrected chi connectivity index (χ3v) is 2.31. The Morgan fingerprint density at radius 3 is 2.57 bits per heavy atom. The Hall–Kier alpha value is -1.57. The maximum absolute atomic E-state index is 4.60. The van der Waals surface area contributed by atoms with Gasteiger partial charge in [-0.1, -0.05) is 18.2 Å². The normalized spacial score (nSPS) is 10.5. The number of benzene rings is 1. The second-order valence-electron chi connectivity index (χ2n) is 3.72. The van der Waals surface area contributed by atoms with E-state index in [1.165, 1.54) is 10.9 Å². The van der Waals surface area contributed by atoms with Crippen molar-refractivity contribution in [1.82, 2.24) is 4.98 Å². The first kappa shape index (κ1) is 9.00. The third-order valence-electron chi connectivity index (χ3n) is 2.31. The molecule has 0 aliphatic rings. The second kappa shape index (κ2) is 3.29. The van der Waals surface area contributed by atoms with Gasteiger partial charge in [0.2, 0.25) is 0 Å². The quantitative estimate of drug-likeness (QED) is 0.680. The molecular weight excluding hydrogens is 172 g/mol. The number of para-hydroxylation sites is 1. The summed E-state index contributed by atoms with van der Waals surface area (Å²) < 4.78 is 0. The Balaban J connectivity index is 2.71. The van der Waals surface area contributed by atoms with Gasteiger partial charge in [0.25, 0.3) is 0 Å². The highest BCUT2D eigenvalue weighted by atomic mass is 15.1. The lowest BCUT2D eigenvalue weighted by Gasteiger charge is -2.14. The molecule has 0 aliphatic heterocycles. The van der Waals surface area contributed by atoms with Crippen LogP contribution in [0.15, 0.2) is 30.3 Å². The van der Waals surface area contributed by atoms with Gasteiger partial charge in [-0.3, -0.25) is 0 Å². The predicted molar refractivity (Wildman–Crippen MR) is 60.8 cm³/mol. The predicted octanol–water partition coefficient (Wildman–Crippen LogP) is 2.61. The van der Waals surface area contributed by atoms with Crippen molar-refractivity contribution in [2.24, 2.45) is 0 Å². The van der Waals surface area contributed by atoms with Gasteiger partial charge in [-0.15, -0.1) is 0 Å². The van der Waals surface area contributed by atoms with Gasteiger partial charge >= 0.3 is 0 Å². The van der Waals surface area contributed by atoms with Crippen LogP contribution >= 0.6 is 0 Å². The minimum absolute atomic E-state index is 1.05. The summed E-state index contributed by atoms with van der Waals surface area (Å²) in [5.74, 6) is 1.05. The number of pyridine rings is 1. The van der Waals surface area contributed by atoms with E-state index in [1.807, 2.05) is 37.2 Å². The summed E-state index contributed by atoms with van der Waals surface area (Å²) in [7, 11) is 4.04. The summed E-state index contributed by atoms with van der Waals surface area (Å²) in [5.41, 5.74) is 2.27. The molecule has 2 nitrogen and oxygen atoms in total. The molecule has 0 bridgehead atoms. The van der Waals surface area contributed by atoms with Crippen molar-refractivity contribution >= 4 is 16.7 Å². The Bertz CT molecular complexity index is 461. The third kappa shape index (κ3) is 1.43. The van der Waals surface area contributed by atoms with Crippen molar-refractivity contribution in [2.75, 3.05) is 19.0 Å². The van der Waals surface area contributed by atoms with Gasteiger partial charge in [-0.05, 0) is 24.6 Å². The zero-order valence-corrected chi connectivity index (χ0v) is 8.78. The number of nitrogens with zero attached hydrogens (tertiary/aromatic N) is 2. The number of hydrogen-bond donors (Lipinski definition) is 0. The van der Waals surface area contributed by atoms with Gasteiger partial charge in [0.15, 0.2) is 0 Å². The molecule has 1 aromatic heterocycles. The van der Waals surface area contributed by atoms with Gasteiger partial charge in [0.05, 0.1) is 5.52 Å². The van der Waals surface area contributed by atoms with Crippen molar-refractivity contribution in [2.45, 2.75) is 6.92 Å². The summed E-state index contributed by atoms with van der Waals surface area (Å²) in [6.45, 7) is 2.09. The molecule has 1 heterocycles. The highest BCUT2D eigenvalue weighted by molar-refractivity contribution is 5.81. The first-order valence-corrected chi connectivity index (χ1v) is 4.72. The molecule has 0 spiro atoms. The van der Waals surface area contributed by atoms with E-state index >= 15 is 0 Å². The SMILES string of the molecule is Cc1cc2ccccc2nc1N(C)C. The molecule has 14 heavy (non-hydrogen) atoms. The van der Waals surface area contributed by atoms with Crippen LogP contribution < -0.4 is 4.90 Å². The smallest absolute Gasteiger partial charge is 0.131 e. The van der Waals surface area contributed by atoms with E-state index in [0.29, 0.717) is 0 Å². The number of hydrogen-bond acceptors (Lipinski definition) is 2. The average Bonchev–Trinajstić information content (AvgIpc) is 2.16. The maximum Gasteiger partial charge on any atom is 0.131 e. The van der Waals surface area contributed by atoms with Crippen molar-refractivity contribution in [3.63, 3.8) is 0 Å². The van der Waals surface area contributed by atoms with Crippen LogP contribution in [0.25, 0.3) is 10.9 Å². The van der Waals surface area contributed by atoms with Crippen LogP contribution in [-0.2, 0) is 0 Å². The molecule has 0 unspecified atom stereocenters. The number of aryl methyl sites for hydroxylation is 1. The van der Waals surface area contributed by atoms with Gasteiger partial charge in [0, 0.05) is 19.5 Å². The molecule has 0 amide bonds. The topological polar surface area (TPSA) is 16.1 Å². The Labute approximate surface area is 84.2 Å². The summed E-state index contributed by atoms with van der Waals surface area (Å²) >= 11 is 0. The summed E-state index contributed by atoms with van der Waals surface area (Å²) in [6, 6.07) is 10.4. The van der Waals surface area contributed by atoms with Crippen LogP contribution in [0.2, 0.25) is 0 Å². The molecule has 0 radical (unpaired) electrons. The highest BCUT2D eigenvalue weighted by Gasteiger charge is 2.03. The van der Waals surface area contributed by atoms with Crippen molar-refractivity contribution in [3.05, 3.63) is 35.9 Å². The molecule has 0 aliphatic carbocycles. The van der Waals surface area contributed by atoms with Crippen LogP contribution in [0, 0.1) is 6.92 Å². The Morgan fingerprint density at radius 1 is 1.14 bits per heavy atom. The minimum Gasteiger partial charge on any atom is -0.363 e. The van der Waals surface area contributed by atoms with Crippen molar-refractivity contribution < 1.29 is 0 Å². The Kier molecular flexibility index (Phi) is 2.12. The second-order valence-corrected chi connectivity index (χ2v) is 3.72. The van der Waals surface area contributed by atoms with Crippen LogP contribution in [0.4, 0.5) is 5.82 Å². The van der Waals surface area contributed by atoms with Crippen LogP contribution in [-0.4, -0.2) is 19.1 Å². The fourth-order valence-corrected chi connectivity index (χ4v) is 1.66. The number of aromatic nitrogens is 1. The molecule has 0 atom stereocenters. The van der Waals surface area contributed by atoms with Crippen LogP contribution in [0.1, 0.15) is 5.56 Å². The van der Waals surface area contributed by atoms with Gasteiger partial charge in [-0.2, -0.15) is 0 Å². The fourth-order valence-electron chi connectivity index (χ4n) is 1.66. The molecule has 2 aromatic rings. The Morgan fingerprint density at radius 2 is 1.86 bits per heavy atom. The molecule has 72 valence electrons. The van der Waals surface area contributed by atoms with E-state index < -0.39 is 0 Å². The van der Waals surface area contributed by atoms with E-state index in [9.17, 15) is 0 Å². The molecule has 0 N–H and O–H groups in total. The summed E-state index contributed by atoms with van der Waals surface area (Å²) in [6.07, 6.45) is 0. The van der Waals surface area contributed by atoms with E-state index in [1.54, 1.807) is 0 Å². The largest absolute Gasteiger partial charge is 0.363 e. The lowest BCUT2D eigenvalue weighted by atomic mass is 10.1. The average molecular weight is 186 g/mol. The van der Waals surface area contributed by atoms with Crippen molar-refractivity contribution in [1.29, 1.82) is 0 Å². The van der Waals surface area contributed by atoms with Gasteiger partial charge < -0.3 is 4.90 Å².